The van der Waals surface area contributed by atoms with Crippen molar-refractivity contribution < 1.29 is 23.1 Å². The lowest BCUT2D eigenvalue weighted by Crippen LogP contribution is -2.54. The smallest absolute Gasteiger partial charge is 0.328 e. The van der Waals surface area contributed by atoms with Gasteiger partial charge in [0.1, 0.15) is 6.04 Å². The predicted octanol–water partition coefficient (Wildman–Crippen LogP) is 1.65. The number of rotatable bonds is 7. The molecule has 1 heterocycles. The largest absolute Gasteiger partial charge is 0.480 e. The molecule has 1 saturated heterocycles. The number of sulfonamides is 1. The number of hydrogen-bond donors (Lipinski definition) is 2. The van der Waals surface area contributed by atoms with Crippen LogP contribution in [0.4, 0.5) is 0 Å². The third-order valence-corrected chi connectivity index (χ3v) is 6.54. The highest BCUT2D eigenvalue weighted by Crippen LogP contribution is 2.23. The van der Waals surface area contributed by atoms with E-state index >= 15 is 0 Å². The van der Waals surface area contributed by atoms with E-state index in [0.717, 1.165) is 6.42 Å². The summed E-state index contributed by atoms with van der Waals surface area (Å²) < 4.78 is 27.1. The number of carboxylic acids is 1. The van der Waals surface area contributed by atoms with Gasteiger partial charge < -0.3 is 10.4 Å². The summed E-state index contributed by atoms with van der Waals surface area (Å²) in [4.78, 5) is 25.1. The Kier molecular flexibility index (Phi) is 6.11. The Hall–Kier alpha value is -2.71. The number of nitrogens with one attached hydrogen (secondary N) is 1. The van der Waals surface area contributed by atoms with Gasteiger partial charge >= 0.3 is 5.97 Å². The molecule has 1 aliphatic heterocycles. The van der Waals surface area contributed by atoms with Gasteiger partial charge in [0.15, 0.2) is 0 Å². The minimum absolute atomic E-state index is 0.110. The number of hydrogen-bond acceptors (Lipinski definition) is 5. The van der Waals surface area contributed by atoms with Gasteiger partial charge in [0.25, 0.3) is 15.9 Å². The van der Waals surface area contributed by atoms with E-state index in [-0.39, 0.29) is 11.3 Å². The van der Waals surface area contributed by atoms with E-state index in [9.17, 15) is 23.1 Å². The standard InChI is InChI=1S/C20H22N2O5S/c23-19(17-12-7-13-21-17)22(28(26,27)16-10-5-2-6-11-16)18(20(24)25)14-15-8-3-1-4-9-15/h1-6,8-11,17-18,21H,7,12-14H2,(H,24,25)/t17-,18-/m0/s1. The molecule has 2 aromatic rings. The second-order valence-corrected chi connectivity index (χ2v) is 8.46. The second-order valence-electron chi connectivity index (χ2n) is 6.64. The first-order valence-electron chi connectivity index (χ1n) is 9.04. The van der Waals surface area contributed by atoms with E-state index in [1.165, 1.54) is 24.3 Å². The number of carbonyl (C=O) groups is 2. The maximum Gasteiger partial charge on any atom is 0.328 e. The van der Waals surface area contributed by atoms with E-state index in [2.05, 4.69) is 5.32 Å². The minimum Gasteiger partial charge on any atom is -0.480 e. The molecule has 2 N–H and O–H groups in total. The molecule has 7 nitrogen and oxygen atoms in total. The molecule has 8 heteroatoms. The van der Waals surface area contributed by atoms with E-state index in [1.54, 1.807) is 36.4 Å². The fraction of sp³-hybridized carbons (Fsp3) is 0.300. The third-order valence-electron chi connectivity index (χ3n) is 4.72. The highest BCUT2D eigenvalue weighted by molar-refractivity contribution is 7.89. The van der Waals surface area contributed by atoms with Crippen LogP contribution in [0.25, 0.3) is 0 Å². The van der Waals surface area contributed by atoms with Crippen LogP contribution in [0.2, 0.25) is 0 Å². The molecule has 0 spiro atoms. The molecule has 28 heavy (non-hydrogen) atoms. The average Bonchev–Trinajstić information content (AvgIpc) is 3.23. The van der Waals surface area contributed by atoms with Crippen LogP contribution in [0.1, 0.15) is 18.4 Å². The number of nitrogens with zero attached hydrogens (tertiary/aromatic N) is 1. The predicted molar refractivity (Wildman–Crippen MR) is 103 cm³/mol. The van der Waals surface area contributed by atoms with Gasteiger partial charge in [0.2, 0.25) is 0 Å². The molecule has 0 saturated carbocycles. The lowest BCUT2D eigenvalue weighted by molar-refractivity contribution is -0.146. The minimum atomic E-state index is -4.34. The number of amides is 1. The molecule has 3 rings (SSSR count). The lowest BCUT2D eigenvalue weighted by atomic mass is 10.1. The van der Waals surface area contributed by atoms with Crippen LogP contribution in [0.5, 0.6) is 0 Å². The van der Waals surface area contributed by atoms with Crippen molar-refractivity contribution in [2.75, 3.05) is 6.54 Å². The lowest BCUT2D eigenvalue weighted by Gasteiger charge is -2.30. The fourth-order valence-corrected chi connectivity index (χ4v) is 4.89. The van der Waals surface area contributed by atoms with Gasteiger partial charge in [0.05, 0.1) is 10.9 Å². The summed E-state index contributed by atoms with van der Waals surface area (Å²) in [5.74, 6) is -2.10. The Balaban J connectivity index is 2.05. The highest BCUT2D eigenvalue weighted by Gasteiger charge is 2.42. The molecular weight excluding hydrogens is 380 g/mol. The third kappa shape index (κ3) is 4.23. The van der Waals surface area contributed by atoms with E-state index in [0.29, 0.717) is 22.8 Å². The van der Waals surface area contributed by atoms with Gasteiger partial charge in [-0.15, -0.1) is 0 Å². The van der Waals surface area contributed by atoms with Crippen molar-refractivity contribution in [3.63, 3.8) is 0 Å². The summed E-state index contributed by atoms with van der Waals surface area (Å²) in [6.45, 7) is 0.589. The molecule has 0 unspecified atom stereocenters. The van der Waals surface area contributed by atoms with Crippen molar-refractivity contribution in [1.82, 2.24) is 9.62 Å². The maximum atomic E-state index is 13.3. The molecular formula is C20H22N2O5S. The number of carboxylic acid groups (broad SMARTS) is 1. The first-order chi connectivity index (χ1) is 13.4. The summed E-state index contributed by atoms with van der Waals surface area (Å²) in [6.07, 6.45) is 1.09. The van der Waals surface area contributed by atoms with E-state index in [1.807, 2.05) is 0 Å². The van der Waals surface area contributed by atoms with Gasteiger partial charge in [-0.1, -0.05) is 48.5 Å². The van der Waals surface area contributed by atoms with E-state index in [4.69, 9.17) is 0 Å². The van der Waals surface area contributed by atoms with Gasteiger partial charge in [-0.3, -0.25) is 4.79 Å². The summed E-state index contributed by atoms with van der Waals surface area (Å²) >= 11 is 0. The highest BCUT2D eigenvalue weighted by atomic mass is 32.2. The Labute approximate surface area is 164 Å². The van der Waals surface area contributed by atoms with Crippen molar-refractivity contribution in [2.45, 2.75) is 36.2 Å². The van der Waals surface area contributed by atoms with Crippen LogP contribution in [-0.4, -0.2) is 48.3 Å². The molecule has 1 aliphatic rings. The zero-order valence-corrected chi connectivity index (χ0v) is 16.0. The molecule has 0 radical (unpaired) electrons. The molecule has 0 aliphatic carbocycles. The molecule has 1 fully saturated rings. The van der Waals surface area contributed by atoms with Gasteiger partial charge in [-0.25, -0.2) is 17.5 Å². The Morgan fingerprint density at radius 2 is 1.68 bits per heavy atom. The summed E-state index contributed by atoms with van der Waals surface area (Å²) in [7, 11) is -4.34. The summed E-state index contributed by atoms with van der Waals surface area (Å²) in [5, 5.41) is 12.8. The Morgan fingerprint density at radius 3 is 2.21 bits per heavy atom. The van der Waals surface area contributed by atoms with Crippen LogP contribution >= 0.6 is 0 Å². The Morgan fingerprint density at radius 1 is 1.07 bits per heavy atom. The number of carbonyl (C=O) groups excluding carboxylic acids is 1. The van der Waals surface area contributed by atoms with Gasteiger partial charge in [0, 0.05) is 6.42 Å². The van der Waals surface area contributed by atoms with Crippen LogP contribution < -0.4 is 5.32 Å². The van der Waals surface area contributed by atoms with Crippen molar-refractivity contribution in [2.24, 2.45) is 0 Å². The van der Waals surface area contributed by atoms with Crippen molar-refractivity contribution >= 4 is 21.9 Å². The zero-order valence-electron chi connectivity index (χ0n) is 15.2. The molecule has 148 valence electrons. The second kappa shape index (κ2) is 8.53. The topological polar surface area (TPSA) is 104 Å². The zero-order chi connectivity index (χ0) is 20.1. The van der Waals surface area contributed by atoms with Crippen LogP contribution in [0.3, 0.4) is 0 Å². The van der Waals surface area contributed by atoms with Crippen LogP contribution in [0, 0.1) is 0 Å². The molecule has 0 aromatic heterocycles. The quantitative estimate of drug-likeness (QED) is 0.730. The number of aliphatic carboxylic acids is 1. The fourth-order valence-electron chi connectivity index (χ4n) is 3.30. The van der Waals surface area contributed by atoms with Crippen molar-refractivity contribution in [3.05, 3.63) is 66.2 Å². The van der Waals surface area contributed by atoms with Crippen molar-refractivity contribution in [3.8, 4) is 0 Å². The number of benzene rings is 2. The SMILES string of the molecule is O=C(O)[C@H](Cc1ccccc1)N(C(=O)[C@@H]1CCCN1)S(=O)(=O)c1ccccc1. The van der Waals surface area contributed by atoms with Crippen molar-refractivity contribution in [1.29, 1.82) is 0 Å². The Bertz CT molecular complexity index is 926. The first kappa shape index (κ1) is 20.0. The molecule has 2 aromatic carbocycles. The maximum absolute atomic E-state index is 13.3. The normalized spacial score (nSPS) is 17.8. The molecule has 1 amide bonds. The van der Waals surface area contributed by atoms with E-state index < -0.39 is 34.0 Å². The molecule has 2 atom stereocenters. The average molecular weight is 402 g/mol. The van der Waals surface area contributed by atoms with Gasteiger partial charge in [-0.05, 0) is 37.1 Å². The summed E-state index contributed by atoms with van der Waals surface area (Å²) in [5.41, 5.74) is 0.635. The first-order valence-corrected chi connectivity index (χ1v) is 10.5. The van der Waals surface area contributed by atoms with Crippen LogP contribution in [-0.2, 0) is 26.0 Å². The van der Waals surface area contributed by atoms with Gasteiger partial charge in [-0.2, -0.15) is 0 Å². The molecule has 0 bridgehead atoms. The van der Waals surface area contributed by atoms with Crippen LogP contribution in [0.15, 0.2) is 65.6 Å². The monoisotopic (exact) mass is 402 g/mol. The summed E-state index contributed by atoms with van der Waals surface area (Å²) in [6, 6.07) is 13.9.